The van der Waals surface area contributed by atoms with Crippen LogP contribution in [0, 0.1) is 0 Å². The molecule has 130 valence electrons. The molecule has 0 radical (unpaired) electrons. The molecule has 4 aromatic rings. The second-order valence-corrected chi connectivity index (χ2v) is 7.16. The van der Waals surface area contributed by atoms with Crippen LogP contribution in [0.2, 0.25) is 10.0 Å². The summed E-state index contributed by atoms with van der Waals surface area (Å²) in [7, 11) is 0. The van der Waals surface area contributed by atoms with Crippen LogP contribution in [-0.2, 0) is 11.4 Å². The summed E-state index contributed by atoms with van der Waals surface area (Å²) in [6.07, 6.45) is 3.63. The zero-order chi connectivity index (χ0) is 17.9. The number of fused-ring (bicyclic) bond motifs is 1. The highest BCUT2D eigenvalue weighted by Gasteiger charge is 2.13. The van der Waals surface area contributed by atoms with E-state index in [2.05, 4.69) is 5.16 Å². The van der Waals surface area contributed by atoms with Crippen LogP contribution in [0.5, 0.6) is 0 Å². The van der Waals surface area contributed by atoms with Gasteiger partial charge in [-0.3, -0.25) is 4.40 Å². The largest absolute Gasteiger partial charge is 0.391 e. The van der Waals surface area contributed by atoms with Gasteiger partial charge >= 0.3 is 0 Å². The number of benzene rings is 2. The van der Waals surface area contributed by atoms with Crippen molar-refractivity contribution in [3.63, 3.8) is 0 Å². The Hall–Kier alpha value is -2.34. The molecule has 2 aromatic heterocycles. The van der Waals surface area contributed by atoms with Gasteiger partial charge in [0.15, 0.2) is 4.96 Å². The van der Waals surface area contributed by atoms with Crippen molar-refractivity contribution < 1.29 is 4.84 Å². The quantitative estimate of drug-likeness (QED) is 0.307. The standard InChI is InChI=1S/C19H13Cl2N3OS/c20-15-7-4-8-16(21)14(15)12-25-22-11-17-18(13-5-2-1-3-6-13)23-19-24(17)9-10-26-19/h1-11H,12H2/b22-11-. The predicted octanol–water partition coefficient (Wildman–Crippen LogP) is 5.92. The Morgan fingerprint density at radius 3 is 2.62 bits per heavy atom. The Bertz CT molecular complexity index is 1050. The fourth-order valence-electron chi connectivity index (χ4n) is 2.59. The average Bonchev–Trinajstić information content (AvgIpc) is 3.23. The van der Waals surface area contributed by atoms with E-state index in [1.807, 2.05) is 46.3 Å². The summed E-state index contributed by atoms with van der Waals surface area (Å²) in [5.74, 6) is 0. The smallest absolute Gasteiger partial charge is 0.194 e. The first-order chi connectivity index (χ1) is 12.7. The number of imidazole rings is 1. The number of halogens is 2. The van der Waals surface area contributed by atoms with E-state index in [-0.39, 0.29) is 6.61 Å². The van der Waals surface area contributed by atoms with Gasteiger partial charge in [-0.1, -0.05) is 64.8 Å². The molecule has 0 aliphatic rings. The van der Waals surface area contributed by atoms with Crippen molar-refractivity contribution >= 4 is 45.7 Å². The van der Waals surface area contributed by atoms with E-state index in [1.165, 1.54) is 0 Å². The molecule has 4 rings (SSSR count). The van der Waals surface area contributed by atoms with Gasteiger partial charge in [-0.25, -0.2) is 4.98 Å². The molecule has 26 heavy (non-hydrogen) atoms. The Morgan fingerprint density at radius 1 is 1.08 bits per heavy atom. The van der Waals surface area contributed by atoms with E-state index in [9.17, 15) is 0 Å². The van der Waals surface area contributed by atoms with Crippen molar-refractivity contribution in [1.82, 2.24) is 9.38 Å². The van der Waals surface area contributed by atoms with Gasteiger partial charge in [0.25, 0.3) is 0 Å². The van der Waals surface area contributed by atoms with E-state index >= 15 is 0 Å². The minimum atomic E-state index is 0.196. The van der Waals surface area contributed by atoms with Crippen molar-refractivity contribution in [3.05, 3.63) is 81.4 Å². The zero-order valence-corrected chi connectivity index (χ0v) is 15.8. The van der Waals surface area contributed by atoms with Crippen molar-refractivity contribution in [2.45, 2.75) is 6.61 Å². The number of thiazole rings is 1. The second-order valence-electron chi connectivity index (χ2n) is 5.48. The summed E-state index contributed by atoms with van der Waals surface area (Å²) < 4.78 is 1.99. The molecule has 0 N–H and O–H groups in total. The lowest BCUT2D eigenvalue weighted by molar-refractivity contribution is 0.132. The summed E-state index contributed by atoms with van der Waals surface area (Å²) in [4.78, 5) is 11.0. The summed E-state index contributed by atoms with van der Waals surface area (Å²) in [5, 5.41) is 7.21. The minimum absolute atomic E-state index is 0.196. The van der Waals surface area contributed by atoms with Crippen LogP contribution >= 0.6 is 34.5 Å². The van der Waals surface area contributed by atoms with Crippen LogP contribution in [0.3, 0.4) is 0 Å². The zero-order valence-electron chi connectivity index (χ0n) is 13.5. The van der Waals surface area contributed by atoms with Crippen molar-refractivity contribution in [2.24, 2.45) is 5.16 Å². The van der Waals surface area contributed by atoms with Gasteiger partial charge < -0.3 is 4.84 Å². The average molecular weight is 402 g/mol. The minimum Gasteiger partial charge on any atom is -0.391 e. The van der Waals surface area contributed by atoms with Gasteiger partial charge in [0.05, 0.1) is 17.6 Å². The highest BCUT2D eigenvalue weighted by atomic mass is 35.5. The van der Waals surface area contributed by atoms with Crippen molar-refractivity contribution in [2.75, 3.05) is 0 Å². The molecule has 0 aliphatic carbocycles. The molecular formula is C19H13Cl2N3OS. The Kier molecular flexibility index (Phi) is 4.93. The van der Waals surface area contributed by atoms with E-state index in [4.69, 9.17) is 33.0 Å². The number of aromatic nitrogens is 2. The molecule has 2 aromatic carbocycles. The molecule has 2 heterocycles. The number of oxime groups is 1. The van der Waals surface area contributed by atoms with Crippen LogP contribution in [0.4, 0.5) is 0 Å². The molecule has 0 amide bonds. The lowest BCUT2D eigenvalue weighted by Gasteiger charge is -2.05. The van der Waals surface area contributed by atoms with Gasteiger partial charge in [-0.15, -0.1) is 11.3 Å². The Labute approximate surface area is 164 Å². The fraction of sp³-hybridized carbons (Fsp3) is 0.0526. The Balaban J connectivity index is 1.60. The molecule has 0 aliphatic heterocycles. The molecule has 0 unspecified atom stereocenters. The number of nitrogens with zero attached hydrogens (tertiary/aromatic N) is 3. The second kappa shape index (κ2) is 7.50. The van der Waals surface area contributed by atoms with Gasteiger partial charge in [0.1, 0.15) is 6.61 Å². The van der Waals surface area contributed by atoms with Crippen LogP contribution < -0.4 is 0 Å². The topological polar surface area (TPSA) is 38.9 Å². The van der Waals surface area contributed by atoms with E-state index in [1.54, 1.807) is 35.8 Å². The van der Waals surface area contributed by atoms with Crippen LogP contribution in [-0.4, -0.2) is 15.6 Å². The summed E-state index contributed by atoms with van der Waals surface area (Å²) in [6, 6.07) is 15.3. The number of hydrogen-bond acceptors (Lipinski definition) is 4. The predicted molar refractivity (Wildman–Crippen MR) is 107 cm³/mol. The molecule has 0 bridgehead atoms. The number of rotatable bonds is 5. The first-order valence-corrected chi connectivity index (χ1v) is 9.47. The van der Waals surface area contributed by atoms with Crippen molar-refractivity contribution in [3.8, 4) is 11.3 Å². The maximum Gasteiger partial charge on any atom is 0.194 e. The molecule has 0 atom stereocenters. The lowest BCUT2D eigenvalue weighted by Crippen LogP contribution is -1.94. The third kappa shape index (κ3) is 3.33. The van der Waals surface area contributed by atoms with Gasteiger partial charge in [0.2, 0.25) is 0 Å². The summed E-state index contributed by atoms with van der Waals surface area (Å²) in [5.41, 5.74) is 3.46. The van der Waals surface area contributed by atoms with E-state index in [0.717, 1.165) is 21.9 Å². The van der Waals surface area contributed by atoms with Crippen LogP contribution in [0.25, 0.3) is 16.2 Å². The molecule has 0 saturated carbocycles. The summed E-state index contributed by atoms with van der Waals surface area (Å²) >= 11 is 13.9. The van der Waals surface area contributed by atoms with E-state index in [0.29, 0.717) is 15.6 Å². The molecule has 0 fully saturated rings. The molecule has 0 spiro atoms. The highest BCUT2D eigenvalue weighted by molar-refractivity contribution is 7.15. The maximum atomic E-state index is 6.15. The molecule has 0 saturated heterocycles. The normalized spacial score (nSPS) is 11.5. The third-order valence-electron chi connectivity index (χ3n) is 3.87. The Morgan fingerprint density at radius 2 is 1.85 bits per heavy atom. The van der Waals surface area contributed by atoms with Gasteiger partial charge in [-0.05, 0) is 12.1 Å². The van der Waals surface area contributed by atoms with Crippen LogP contribution in [0.1, 0.15) is 11.3 Å². The van der Waals surface area contributed by atoms with E-state index < -0.39 is 0 Å². The van der Waals surface area contributed by atoms with Crippen LogP contribution in [0.15, 0.2) is 65.3 Å². The van der Waals surface area contributed by atoms with Gasteiger partial charge in [-0.2, -0.15) is 0 Å². The first-order valence-electron chi connectivity index (χ1n) is 7.83. The molecule has 4 nitrogen and oxygen atoms in total. The van der Waals surface area contributed by atoms with Crippen molar-refractivity contribution in [1.29, 1.82) is 0 Å². The first kappa shape index (κ1) is 17.1. The SMILES string of the molecule is Clc1cccc(Cl)c1CO/N=C\c1c(-c2ccccc2)nc2sccn12. The summed E-state index contributed by atoms with van der Waals surface area (Å²) in [6.45, 7) is 0.196. The lowest BCUT2D eigenvalue weighted by atomic mass is 10.1. The third-order valence-corrected chi connectivity index (χ3v) is 5.33. The fourth-order valence-corrected chi connectivity index (χ4v) is 3.82. The molecular weight excluding hydrogens is 389 g/mol. The maximum absolute atomic E-state index is 6.15. The monoisotopic (exact) mass is 401 g/mol. The highest BCUT2D eigenvalue weighted by Crippen LogP contribution is 2.26. The molecule has 7 heteroatoms. The number of hydrogen-bond donors (Lipinski definition) is 0. The van der Waals surface area contributed by atoms with Gasteiger partial charge in [0, 0.05) is 32.7 Å².